The van der Waals surface area contributed by atoms with Crippen LogP contribution in [0.1, 0.15) is 56.0 Å². The van der Waals surface area contributed by atoms with Gasteiger partial charge in [-0.25, -0.2) is 4.98 Å². The molecule has 0 saturated carbocycles. The number of aromatic nitrogens is 2. The van der Waals surface area contributed by atoms with Crippen LogP contribution >= 0.6 is 0 Å². The van der Waals surface area contributed by atoms with Gasteiger partial charge in [0.2, 0.25) is 0 Å². The molecule has 0 radical (unpaired) electrons. The Labute approximate surface area is 220 Å². The van der Waals surface area contributed by atoms with Crippen LogP contribution in [0, 0.1) is 0 Å². The maximum atomic E-state index is 6.18. The van der Waals surface area contributed by atoms with Crippen molar-refractivity contribution in [2.24, 2.45) is 0 Å². The Morgan fingerprint density at radius 2 is 1.78 bits per heavy atom. The molecule has 1 atom stereocenters. The second-order valence-electron chi connectivity index (χ2n) is 9.37. The third-order valence-corrected chi connectivity index (χ3v) is 6.80. The smallest absolute Gasteiger partial charge is 0.161 e. The lowest BCUT2D eigenvalue weighted by atomic mass is 9.99. The molecule has 0 aliphatic rings. The molecule has 0 N–H and O–H groups in total. The van der Waals surface area contributed by atoms with Crippen molar-refractivity contribution in [1.29, 1.82) is 0 Å². The Bertz CT molecular complexity index is 1290. The number of hydrogen-bond donors (Lipinski definition) is 0. The van der Waals surface area contributed by atoms with Crippen LogP contribution in [0.15, 0.2) is 79.4 Å². The molecule has 1 aromatic heterocycles. The van der Waals surface area contributed by atoms with Crippen LogP contribution in [-0.4, -0.2) is 23.3 Å². The minimum Gasteiger partial charge on any atom is -0.494 e. The second-order valence-corrected chi connectivity index (χ2v) is 9.37. The molecule has 3 aromatic carbocycles. The average Bonchev–Trinajstić information content (AvgIpc) is 3.29. The highest BCUT2D eigenvalue weighted by Crippen LogP contribution is 2.29. The first-order valence-corrected chi connectivity index (χ1v) is 13.2. The molecule has 5 heteroatoms. The normalized spacial score (nSPS) is 11.9. The lowest BCUT2D eigenvalue weighted by Crippen LogP contribution is -2.09. The summed E-state index contributed by atoms with van der Waals surface area (Å²) in [6.07, 6.45) is 5.76. The molecule has 0 spiro atoms. The largest absolute Gasteiger partial charge is 0.494 e. The highest BCUT2D eigenvalue weighted by Gasteiger charge is 2.13. The quantitative estimate of drug-likeness (QED) is 0.132. The van der Waals surface area contributed by atoms with Crippen molar-refractivity contribution in [2.45, 2.75) is 58.6 Å². The Balaban J connectivity index is 1.36. The maximum Gasteiger partial charge on any atom is 0.161 e. The van der Waals surface area contributed by atoms with Gasteiger partial charge in [-0.15, -0.1) is 6.58 Å². The van der Waals surface area contributed by atoms with Gasteiger partial charge < -0.3 is 18.8 Å². The number of para-hydroxylation sites is 2. The summed E-state index contributed by atoms with van der Waals surface area (Å²) in [5.74, 6) is 3.84. The van der Waals surface area contributed by atoms with E-state index in [0.29, 0.717) is 24.9 Å². The molecule has 37 heavy (non-hydrogen) atoms. The van der Waals surface area contributed by atoms with Gasteiger partial charge in [-0.05, 0) is 79.1 Å². The predicted octanol–water partition coefficient (Wildman–Crippen LogP) is 7.73. The summed E-state index contributed by atoms with van der Waals surface area (Å²) in [5, 5.41) is 0. The van der Waals surface area contributed by atoms with E-state index in [1.165, 1.54) is 5.56 Å². The number of methoxy groups -OCH3 is 1. The van der Waals surface area contributed by atoms with E-state index in [1.54, 1.807) is 7.11 Å². The predicted molar refractivity (Wildman–Crippen MR) is 151 cm³/mol. The van der Waals surface area contributed by atoms with Crippen molar-refractivity contribution in [3.63, 3.8) is 0 Å². The van der Waals surface area contributed by atoms with Crippen molar-refractivity contribution < 1.29 is 14.2 Å². The minimum atomic E-state index is 0.366. The van der Waals surface area contributed by atoms with E-state index in [-0.39, 0.29) is 0 Å². The van der Waals surface area contributed by atoms with Crippen molar-refractivity contribution in [1.82, 2.24) is 9.55 Å². The monoisotopic (exact) mass is 498 g/mol. The third kappa shape index (κ3) is 6.73. The fourth-order valence-corrected chi connectivity index (χ4v) is 4.44. The van der Waals surface area contributed by atoms with Crippen LogP contribution in [0.4, 0.5) is 0 Å². The van der Waals surface area contributed by atoms with Gasteiger partial charge in [-0.3, -0.25) is 0 Å². The number of allylic oxidation sites excluding steroid dienone is 1. The summed E-state index contributed by atoms with van der Waals surface area (Å²) in [7, 11) is 1.66. The van der Waals surface area contributed by atoms with Crippen LogP contribution in [0.3, 0.4) is 0 Å². The van der Waals surface area contributed by atoms with Gasteiger partial charge in [0, 0.05) is 6.54 Å². The van der Waals surface area contributed by atoms with E-state index in [4.69, 9.17) is 19.2 Å². The highest BCUT2D eigenvalue weighted by atomic mass is 16.5. The summed E-state index contributed by atoms with van der Waals surface area (Å²) < 4.78 is 20.0. The number of ether oxygens (including phenoxy) is 3. The van der Waals surface area contributed by atoms with Gasteiger partial charge in [0.05, 0.1) is 24.8 Å². The van der Waals surface area contributed by atoms with Gasteiger partial charge in [-0.2, -0.15) is 0 Å². The van der Waals surface area contributed by atoms with E-state index in [0.717, 1.165) is 66.1 Å². The van der Waals surface area contributed by atoms with E-state index in [9.17, 15) is 0 Å². The molecule has 5 nitrogen and oxygen atoms in total. The zero-order valence-corrected chi connectivity index (χ0v) is 22.3. The number of rotatable bonds is 14. The van der Waals surface area contributed by atoms with E-state index < -0.39 is 0 Å². The molecule has 1 heterocycles. The van der Waals surface area contributed by atoms with Gasteiger partial charge >= 0.3 is 0 Å². The first kappa shape index (κ1) is 26.3. The lowest BCUT2D eigenvalue weighted by molar-refractivity contribution is 0.269. The summed E-state index contributed by atoms with van der Waals surface area (Å²) >= 11 is 0. The third-order valence-electron chi connectivity index (χ3n) is 6.80. The SMILES string of the molecule is C=CCc1ccc(OCc2nc3ccccc3n2CCCCOc2ccc(C(C)CC)cc2)c(OC)c1. The van der Waals surface area contributed by atoms with Gasteiger partial charge in [0.1, 0.15) is 18.2 Å². The van der Waals surface area contributed by atoms with Gasteiger partial charge in [0.15, 0.2) is 11.5 Å². The topological polar surface area (TPSA) is 45.5 Å². The summed E-state index contributed by atoms with van der Waals surface area (Å²) in [6, 6.07) is 22.8. The highest BCUT2D eigenvalue weighted by molar-refractivity contribution is 5.75. The molecule has 0 amide bonds. The molecule has 0 bridgehead atoms. The summed E-state index contributed by atoms with van der Waals surface area (Å²) in [5.41, 5.74) is 4.60. The van der Waals surface area contributed by atoms with E-state index in [1.807, 2.05) is 36.4 Å². The number of nitrogens with zero attached hydrogens (tertiary/aromatic N) is 2. The zero-order chi connectivity index (χ0) is 26.0. The molecule has 0 fully saturated rings. The second kappa shape index (κ2) is 13.0. The van der Waals surface area contributed by atoms with E-state index >= 15 is 0 Å². The summed E-state index contributed by atoms with van der Waals surface area (Å²) in [6.45, 7) is 10.2. The Morgan fingerprint density at radius 3 is 2.54 bits per heavy atom. The van der Waals surface area contributed by atoms with Crippen LogP contribution in [0.25, 0.3) is 11.0 Å². The number of aryl methyl sites for hydroxylation is 1. The fourth-order valence-electron chi connectivity index (χ4n) is 4.44. The average molecular weight is 499 g/mol. The Morgan fingerprint density at radius 1 is 0.973 bits per heavy atom. The van der Waals surface area contributed by atoms with Crippen molar-refractivity contribution in [3.8, 4) is 17.2 Å². The van der Waals surface area contributed by atoms with Crippen LogP contribution in [0.2, 0.25) is 0 Å². The fraction of sp³-hybridized carbons (Fsp3) is 0.344. The molecule has 4 aromatic rings. The zero-order valence-electron chi connectivity index (χ0n) is 22.3. The van der Waals surface area contributed by atoms with Crippen molar-refractivity contribution in [2.75, 3.05) is 13.7 Å². The first-order valence-electron chi connectivity index (χ1n) is 13.2. The number of benzene rings is 3. The van der Waals surface area contributed by atoms with Gasteiger partial charge in [0.25, 0.3) is 0 Å². The minimum absolute atomic E-state index is 0.366. The molecular weight excluding hydrogens is 460 g/mol. The number of unbranched alkanes of at least 4 members (excludes halogenated alkanes) is 1. The molecule has 0 saturated heterocycles. The molecule has 0 aliphatic carbocycles. The molecule has 194 valence electrons. The van der Waals surface area contributed by atoms with Crippen LogP contribution in [-0.2, 0) is 19.6 Å². The number of fused-ring (bicyclic) bond motifs is 1. The van der Waals surface area contributed by atoms with Gasteiger partial charge in [-0.1, -0.05) is 50.3 Å². The van der Waals surface area contributed by atoms with Crippen LogP contribution < -0.4 is 14.2 Å². The number of hydrogen-bond acceptors (Lipinski definition) is 4. The summed E-state index contributed by atoms with van der Waals surface area (Å²) in [4.78, 5) is 4.86. The van der Waals surface area contributed by atoms with E-state index in [2.05, 4.69) is 61.4 Å². The van der Waals surface area contributed by atoms with Crippen molar-refractivity contribution >= 4 is 11.0 Å². The molecule has 1 unspecified atom stereocenters. The lowest BCUT2D eigenvalue weighted by Gasteiger charge is -2.14. The maximum absolute atomic E-state index is 6.18. The Kier molecular flexibility index (Phi) is 9.25. The molecular formula is C32H38N2O3. The van der Waals surface area contributed by atoms with Crippen molar-refractivity contribution in [3.05, 3.63) is 96.3 Å². The Hall–Kier alpha value is -3.73. The first-order chi connectivity index (χ1) is 18.1. The molecule has 0 aliphatic heterocycles. The molecule has 4 rings (SSSR count). The standard InChI is InChI=1S/C32H38N2O3/c1-5-11-25-14-19-30(31(22-25)35-4)37-23-32-33-28-12-7-8-13-29(28)34(32)20-9-10-21-36-27-17-15-26(16-18-27)24(3)6-2/h5,7-8,12-19,22,24H,1,6,9-11,20-21,23H2,2-4H3. The van der Waals surface area contributed by atoms with Crippen LogP contribution in [0.5, 0.6) is 17.2 Å². The number of imidazole rings is 1.